The Labute approximate surface area is 127 Å². The summed E-state index contributed by atoms with van der Waals surface area (Å²) in [5.74, 6) is 0.531. The van der Waals surface area contributed by atoms with Gasteiger partial charge < -0.3 is 4.74 Å². The van der Waals surface area contributed by atoms with Crippen LogP contribution in [0.1, 0.15) is 0 Å². The van der Waals surface area contributed by atoms with E-state index in [-0.39, 0.29) is 10.6 Å². The normalized spacial score (nSPS) is 11.3. The predicted molar refractivity (Wildman–Crippen MR) is 78.2 cm³/mol. The zero-order chi connectivity index (χ0) is 14.0. The molecule has 0 fully saturated rings. The molecule has 0 aliphatic heterocycles. The first-order chi connectivity index (χ1) is 8.86. The average molecular weight is 408 g/mol. The number of benzene rings is 2. The number of hydrogen-bond acceptors (Lipinski definition) is 3. The molecule has 0 radical (unpaired) electrons. The van der Waals surface area contributed by atoms with E-state index in [4.69, 9.17) is 4.74 Å². The first-order valence-electron chi connectivity index (χ1n) is 5.07. The van der Waals surface area contributed by atoms with Gasteiger partial charge in [-0.3, -0.25) is 4.55 Å². The summed E-state index contributed by atoms with van der Waals surface area (Å²) in [6.07, 6.45) is 0. The van der Waals surface area contributed by atoms with Gasteiger partial charge in [-0.1, -0.05) is 31.9 Å². The van der Waals surface area contributed by atoms with Gasteiger partial charge in [0.25, 0.3) is 10.1 Å². The van der Waals surface area contributed by atoms with E-state index in [0.29, 0.717) is 10.2 Å². The fraction of sp³-hybridized carbons (Fsp3) is 0. The summed E-state index contributed by atoms with van der Waals surface area (Å²) in [4.78, 5) is -0.287. The molecule has 0 aromatic heterocycles. The van der Waals surface area contributed by atoms with Crippen molar-refractivity contribution >= 4 is 42.0 Å². The van der Waals surface area contributed by atoms with Crippen LogP contribution in [0.2, 0.25) is 0 Å². The maximum absolute atomic E-state index is 11.3. The van der Waals surface area contributed by atoms with Crippen molar-refractivity contribution in [2.45, 2.75) is 4.90 Å². The SMILES string of the molecule is O=S(=O)(O)c1cc(Br)ccc1Oc1ccc(Br)cc1. The van der Waals surface area contributed by atoms with Crippen LogP contribution in [0, 0.1) is 0 Å². The lowest BCUT2D eigenvalue weighted by Crippen LogP contribution is -2.01. The highest BCUT2D eigenvalue weighted by atomic mass is 79.9. The highest BCUT2D eigenvalue weighted by Gasteiger charge is 2.17. The van der Waals surface area contributed by atoms with Gasteiger partial charge in [-0.15, -0.1) is 0 Å². The number of rotatable bonds is 3. The van der Waals surface area contributed by atoms with Crippen LogP contribution < -0.4 is 4.74 Å². The van der Waals surface area contributed by atoms with Gasteiger partial charge in [0.15, 0.2) is 0 Å². The zero-order valence-corrected chi connectivity index (χ0v) is 13.4. The maximum atomic E-state index is 11.3. The van der Waals surface area contributed by atoms with E-state index in [2.05, 4.69) is 31.9 Å². The van der Waals surface area contributed by atoms with Gasteiger partial charge in [0.1, 0.15) is 16.4 Å². The smallest absolute Gasteiger partial charge is 0.298 e. The number of hydrogen-bond donors (Lipinski definition) is 1. The minimum Gasteiger partial charge on any atom is -0.456 e. The first kappa shape index (κ1) is 14.5. The summed E-state index contributed by atoms with van der Waals surface area (Å²) in [6, 6.07) is 11.3. The molecule has 0 saturated carbocycles. The van der Waals surface area contributed by atoms with Crippen LogP contribution in [-0.2, 0) is 10.1 Å². The Kier molecular flexibility index (Phi) is 4.29. The molecular formula is C12H8Br2O4S. The molecule has 7 heteroatoms. The van der Waals surface area contributed by atoms with E-state index >= 15 is 0 Å². The molecule has 0 atom stereocenters. The van der Waals surface area contributed by atoms with Gasteiger partial charge >= 0.3 is 0 Å². The lowest BCUT2D eigenvalue weighted by molar-refractivity contribution is 0.450. The second kappa shape index (κ2) is 5.62. The topological polar surface area (TPSA) is 63.6 Å². The third-order valence-corrected chi connectivity index (χ3v) is 4.12. The summed E-state index contributed by atoms with van der Waals surface area (Å²) >= 11 is 6.44. The lowest BCUT2D eigenvalue weighted by Gasteiger charge is -2.09. The van der Waals surface area contributed by atoms with Crippen molar-refractivity contribution in [3.8, 4) is 11.5 Å². The van der Waals surface area contributed by atoms with Gasteiger partial charge in [-0.2, -0.15) is 8.42 Å². The molecule has 19 heavy (non-hydrogen) atoms. The third-order valence-electron chi connectivity index (χ3n) is 2.23. The Bertz CT molecular complexity index is 696. The second-order valence-electron chi connectivity index (χ2n) is 3.62. The van der Waals surface area contributed by atoms with E-state index < -0.39 is 10.1 Å². The van der Waals surface area contributed by atoms with Crippen LogP contribution in [0.4, 0.5) is 0 Å². The van der Waals surface area contributed by atoms with Crippen molar-refractivity contribution in [1.82, 2.24) is 0 Å². The summed E-state index contributed by atoms with van der Waals surface area (Å²) in [7, 11) is -4.35. The van der Waals surface area contributed by atoms with Crippen LogP contribution in [-0.4, -0.2) is 13.0 Å². The molecule has 0 saturated heterocycles. The molecule has 1 N–H and O–H groups in total. The van der Waals surface area contributed by atoms with Crippen LogP contribution in [0.15, 0.2) is 56.3 Å². The molecule has 4 nitrogen and oxygen atoms in total. The Hall–Kier alpha value is -0.890. The Morgan fingerprint density at radius 2 is 1.53 bits per heavy atom. The highest BCUT2D eigenvalue weighted by Crippen LogP contribution is 2.31. The average Bonchev–Trinajstić information content (AvgIpc) is 2.33. The van der Waals surface area contributed by atoms with Crippen molar-refractivity contribution in [2.75, 3.05) is 0 Å². The lowest BCUT2D eigenvalue weighted by atomic mass is 10.3. The van der Waals surface area contributed by atoms with E-state index in [0.717, 1.165) is 4.47 Å². The van der Waals surface area contributed by atoms with Crippen molar-refractivity contribution in [3.63, 3.8) is 0 Å². The number of halogens is 2. The van der Waals surface area contributed by atoms with Crippen molar-refractivity contribution in [3.05, 3.63) is 51.4 Å². The summed E-state index contributed by atoms with van der Waals surface area (Å²) < 4.78 is 38.7. The minimum atomic E-state index is -4.35. The molecular weight excluding hydrogens is 400 g/mol. The molecule has 0 bridgehead atoms. The van der Waals surface area contributed by atoms with E-state index in [9.17, 15) is 13.0 Å². The molecule has 2 aromatic rings. The van der Waals surface area contributed by atoms with Crippen molar-refractivity contribution in [1.29, 1.82) is 0 Å². The Morgan fingerprint density at radius 3 is 2.11 bits per heavy atom. The van der Waals surface area contributed by atoms with Crippen LogP contribution in [0.3, 0.4) is 0 Å². The predicted octanol–water partition coefficient (Wildman–Crippen LogP) is 4.25. The van der Waals surface area contributed by atoms with Gasteiger partial charge in [-0.25, -0.2) is 0 Å². The van der Waals surface area contributed by atoms with Crippen molar-refractivity contribution in [2.24, 2.45) is 0 Å². The molecule has 0 aliphatic carbocycles. The molecule has 0 amide bonds. The molecule has 0 aliphatic rings. The second-order valence-corrected chi connectivity index (χ2v) is 6.84. The van der Waals surface area contributed by atoms with E-state index in [1.807, 2.05) is 0 Å². The summed E-state index contributed by atoms with van der Waals surface area (Å²) in [5.41, 5.74) is 0. The maximum Gasteiger partial charge on any atom is 0.298 e. The number of ether oxygens (including phenoxy) is 1. The largest absolute Gasteiger partial charge is 0.456 e. The zero-order valence-electron chi connectivity index (χ0n) is 9.38. The fourth-order valence-electron chi connectivity index (χ4n) is 1.40. The molecule has 0 spiro atoms. The van der Waals surface area contributed by atoms with Gasteiger partial charge in [-0.05, 0) is 42.5 Å². The van der Waals surface area contributed by atoms with Crippen LogP contribution in [0.25, 0.3) is 0 Å². The molecule has 0 heterocycles. The van der Waals surface area contributed by atoms with Gasteiger partial charge in [0.05, 0.1) is 0 Å². The first-order valence-corrected chi connectivity index (χ1v) is 8.09. The third kappa shape index (κ3) is 3.79. The van der Waals surface area contributed by atoms with Gasteiger partial charge in [0.2, 0.25) is 0 Å². The Balaban J connectivity index is 2.43. The fourth-order valence-corrected chi connectivity index (χ4v) is 2.81. The summed E-state index contributed by atoms with van der Waals surface area (Å²) in [6.45, 7) is 0. The minimum absolute atomic E-state index is 0.0630. The molecule has 100 valence electrons. The van der Waals surface area contributed by atoms with Crippen LogP contribution in [0.5, 0.6) is 11.5 Å². The Morgan fingerprint density at radius 1 is 0.947 bits per heavy atom. The molecule has 2 aromatic carbocycles. The molecule has 2 rings (SSSR count). The van der Waals surface area contributed by atoms with E-state index in [1.54, 1.807) is 30.3 Å². The van der Waals surface area contributed by atoms with E-state index in [1.165, 1.54) is 12.1 Å². The van der Waals surface area contributed by atoms with Crippen molar-refractivity contribution < 1.29 is 17.7 Å². The highest BCUT2D eigenvalue weighted by molar-refractivity contribution is 9.10. The molecule has 0 unspecified atom stereocenters. The quantitative estimate of drug-likeness (QED) is 0.772. The van der Waals surface area contributed by atoms with Crippen LogP contribution >= 0.6 is 31.9 Å². The standard InChI is InChI=1S/C12H8Br2O4S/c13-8-1-4-10(5-2-8)18-11-6-3-9(14)7-12(11)19(15,16)17/h1-7H,(H,15,16,17). The van der Waals surface area contributed by atoms with Gasteiger partial charge in [0, 0.05) is 8.95 Å². The summed E-state index contributed by atoms with van der Waals surface area (Å²) in [5, 5.41) is 0. The monoisotopic (exact) mass is 406 g/mol.